The average molecular weight is 417 g/mol. The highest BCUT2D eigenvalue weighted by Crippen LogP contribution is 2.53. The Kier molecular flexibility index (Phi) is 4.99. The van der Waals surface area contributed by atoms with Crippen molar-refractivity contribution in [3.63, 3.8) is 0 Å². The Morgan fingerprint density at radius 1 is 0.815 bits per heavy atom. The van der Waals surface area contributed by atoms with E-state index in [1.165, 1.54) is 0 Å². The summed E-state index contributed by atoms with van der Waals surface area (Å²) in [6.07, 6.45) is 1.65. The highest BCUT2D eigenvalue weighted by atomic mass is 79.9. The van der Waals surface area contributed by atoms with E-state index in [4.69, 9.17) is 0 Å². The number of halogens is 1. The number of carbonyl (C=O) groups is 1. The maximum Gasteiger partial charge on any atom is 0.252 e. The van der Waals surface area contributed by atoms with Crippen molar-refractivity contribution in [1.82, 2.24) is 5.43 Å². The average Bonchev–Trinajstić information content (AvgIpc) is 3.47. The van der Waals surface area contributed by atoms with Crippen LogP contribution in [0, 0.1) is 5.92 Å². The normalized spacial score (nSPS) is 13.8. The minimum Gasteiger partial charge on any atom is -0.272 e. The van der Waals surface area contributed by atoms with E-state index in [0.29, 0.717) is 0 Å². The number of hydrogen-bond acceptors (Lipinski definition) is 2. The Balaban J connectivity index is 1.52. The van der Waals surface area contributed by atoms with Gasteiger partial charge in [-0.25, -0.2) is 5.43 Å². The first-order valence-electron chi connectivity index (χ1n) is 8.67. The van der Waals surface area contributed by atoms with Crippen LogP contribution in [0.5, 0.6) is 0 Å². The van der Waals surface area contributed by atoms with Crippen LogP contribution in [0.1, 0.15) is 16.7 Å². The second kappa shape index (κ2) is 7.72. The molecule has 0 radical (unpaired) electrons. The van der Waals surface area contributed by atoms with Crippen molar-refractivity contribution in [2.24, 2.45) is 11.0 Å². The lowest BCUT2D eigenvalue weighted by Gasteiger charge is -2.02. The van der Waals surface area contributed by atoms with E-state index in [-0.39, 0.29) is 11.8 Å². The summed E-state index contributed by atoms with van der Waals surface area (Å²) >= 11 is 3.40. The number of rotatable bonds is 5. The van der Waals surface area contributed by atoms with Crippen LogP contribution in [0.2, 0.25) is 0 Å². The van der Waals surface area contributed by atoms with Gasteiger partial charge in [0.15, 0.2) is 0 Å². The van der Waals surface area contributed by atoms with Crippen LogP contribution in [0.3, 0.4) is 0 Å². The van der Waals surface area contributed by atoms with Gasteiger partial charge in [-0.2, -0.15) is 5.10 Å². The summed E-state index contributed by atoms with van der Waals surface area (Å²) in [5.74, 6) is -0.377. The molecule has 3 aromatic carbocycles. The first-order valence-corrected chi connectivity index (χ1v) is 9.47. The van der Waals surface area contributed by atoms with Gasteiger partial charge in [0.1, 0.15) is 0 Å². The third-order valence-corrected chi connectivity index (χ3v) is 5.00. The summed E-state index contributed by atoms with van der Waals surface area (Å²) in [7, 11) is 0. The number of hydrogen-bond donors (Lipinski definition) is 1. The molecule has 1 aliphatic rings. The number of benzene rings is 3. The molecule has 0 bridgehead atoms. The van der Waals surface area contributed by atoms with E-state index in [1.54, 1.807) is 6.21 Å². The predicted molar refractivity (Wildman–Crippen MR) is 113 cm³/mol. The molecule has 0 unspecified atom stereocenters. The summed E-state index contributed by atoms with van der Waals surface area (Å²) in [5, 5.41) is 4.12. The molecule has 0 atom stereocenters. The molecule has 4 rings (SSSR count). The summed E-state index contributed by atoms with van der Waals surface area (Å²) in [6.45, 7) is 0. The van der Waals surface area contributed by atoms with Crippen molar-refractivity contribution in [2.75, 3.05) is 0 Å². The molecule has 132 valence electrons. The SMILES string of the molecule is O=C(N/N=C/c1ccc(Br)cc1)C1C(c2ccccc2)=C1c1ccccc1. The largest absolute Gasteiger partial charge is 0.272 e. The highest BCUT2D eigenvalue weighted by molar-refractivity contribution is 9.10. The minimum absolute atomic E-state index is 0.110. The molecule has 3 nitrogen and oxygen atoms in total. The first-order chi connectivity index (χ1) is 13.2. The molecule has 0 saturated carbocycles. The molecule has 4 heteroatoms. The molecule has 1 amide bonds. The fourth-order valence-corrected chi connectivity index (χ4v) is 3.41. The molecule has 0 aromatic heterocycles. The van der Waals surface area contributed by atoms with Gasteiger partial charge in [-0.1, -0.05) is 88.7 Å². The van der Waals surface area contributed by atoms with Gasteiger partial charge in [0, 0.05) is 4.47 Å². The Bertz CT molecular complexity index is 960. The van der Waals surface area contributed by atoms with E-state index in [9.17, 15) is 4.79 Å². The molecule has 0 saturated heterocycles. The number of carbonyl (C=O) groups excluding carboxylic acids is 1. The zero-order valence-corrected chi connectivity index (χ0v) is 16.1. The fourth-order valence-electron chi connectivity index (χ4n) is 3.15. The van der Waals surface area contributed by atoms with Crippen LogP contribution in [0.15, 0.2) is 94.5 Å². The highest BCUT2D eigenvalue weighted by Gasteiger charge is 2.43. The summed E-state index contributed by atoms with van der Waals surface area (Å²) in [6, 6.07) is 27.8. The van der Waals surface area contributed by atoms with Gasteiger partial charge >= 0.3 is 0 Å². The molecule has 27 heavy (non-hydrogen) atoms. The van der Waals surface area contributed by atoms with Crippen LogP contribution >= 0.6 is 15.9 Å². The Hall–Kier alpha value is -2.98. The van der Waals surface area contributed by atoms with E-state index in [2.05, 4.69) is 26.5 Å². The van der Waals surface area contributed by atoms with Crippen molar-refractivity contribution in [3.05, 3.63) is 106 Å². The van der Waals surface area contributed by atoms with E-state index in [1.807, 2.05) is 84.9 Å². The molecule has 0 spiro atoms. The second-order valence-corrected chi connectivity index (χ2v) is 7.19. The predicted octanol–water partition coefficient (Wildman–Crippen LogP) is 5.14. The standard InChI is InChI=1S/C23H17BrN2O/c24-19-13-11-16(12-14-19)15-25-26-23(27)22-20(17-7-3-1-4-8-17)21(22)18-9-5-2-6-10-18/h1-15,22H,(H,26,27)/b25-15+. The van der Waals surface area contributed by atoms with Crippen LogP contribution in [-0.2, 0) is 4.79 Å². The zero-order valence-electron chi connectivity index (χ0n) is 14.5. The lowest BCUT2D eigenvalue weighted by Crippen LogP contribution is -2.21. The van der Waals surface area contributed by atoms with Gasteiger partial charge in [-0.3, -0.25) is 4.79 Å². The first kappa shape index (κ1) is 17.4. The van der Waals surface area contributed by atoms with E-state index in [0.717, 1.165) is 32.3 Å². The van der Waals surface area contributed by atoms with Gasteiger partial charge in [0.2, 0.25) is 0 Å². The molecule has 3 aromatic rings. The van der Waals surface area contributed by atoms with Crippen molar-refractivity contribution in [1.29, 1.82) is 0 Å². The van der Waals surface area contributed by atoms with Crippen LogP contribution in [-0.4, -0.2) is 12.1 Å². The minimum atomic E-state index is -0.267. The number of nitrogens with zero attached hydrogens (tertiary/aromatic N) is 1. The maximum absolute atomic E-state index is 12.7. The Morgan fingerprint density at radius 3 is 1.85 bits per heavy atom. The van der Waals surface area contributed by atoms with Gasteiger partial charge in [0.25, 0.3) is 5.91 Å². The Morgan fingerprint density at radius 2 is 1.33 bits per heavy atom. The lowest BCUT2D eigenvalue weighted by molar-refractivity contribution is -0.121. The fraction of sp³-hybridized carbons (Fsp3) is 0.0435. The Labute approximate surface area is 166 Å². The smallest absolute Gasteiger partial charge is 0.252 e. The topological polar surface area (TPSA) is 41.5 Å². The van der Waals surface area contributed by atoms with Crippen molar-refractivity contribution in [3.8, 4) is 0 Å². The molecule has 1 aliphatic carbocycles. The third kappa shape index (κ3) is 3.91. The quantitative estimate of drug-likeness (QED) is 0.453. The summed E-state index contributed by atoms with van der Waals surface area (Å²) < 4.78 is 1.01. The molecule has 1 N–H and O–H groups in total. The van der Waals surface area contributed by atoms with Crippen molar-refractivity contribution < 1.29 is 4.79 Å². The lowest BCUT2D eigenvalue weighted by atomic mass is 10.1. The molecular formula is C23H17BrN2O. The third-order valence-electron chi connectivity index (χ3n) is 4.47. The zero-order chi connectivity index (χ0) is 18.6. The van der Waals surface area contributed by atoms with Gasteiger partial charge in [0.05, 0.1) is 12.1 Å². The molecular weight excluding hydrogens is 400 g/mol. The van der Waals surface area contributed by atoms with Crippen LogP contribution in [0.4, 0.5) is 0 Å². The molecule has 0 fully saturated rings. The van der Waals surface area contributed by atoms with Gasteiger partial charge in [-0.15, -0.1) is 0 Å². The number of hydrazone groups is 1. The number of nitrogens with one attached hydrogen (secondary N) is 1. The van der Waals surface area contributed by atoms with Crippen LogP contribution < -0.4 is 5.43 Å². The van der Waals surface area contributed by atoms with Gasteiger partial charge in [-0.05, 0) is 40.0 Å². The summed E-state index contributed by atoms with van der Waals surface area (Å²) in [5.41, 5.74) is 7.90. The molecule has 0 heterocycles. The van der Waals surface area contributed by atoms with E-state index >= 15 is 0 Å². The number of amides is 1. The van der Waals surface area contributed by atoms with E-state index < -0.39 is 0 Å². The van der Waals surface area contributed by atoms with Gasteiger partial charge < -0.3 is 0 Å². The monoisotopic (exact) mass is 416 g/mol. The van der Waals surface area contributed by atoms with Crippen molar-refractivity contribution in [2.45, 2.75) is 0 Å². The van der Waals surface area contributed by atoms with Crippen LogP contribution in [0.25, 0.3) is 11.1 Å². The second-order valence-electron chi connectivity index (χ2n) is 6.28. The summed E-state index contributed by atoms with van der Waals surface area (Å²) in [4.78, 5) is 12.7. The molecule has 0 aliphatic heterocycles. The van der Waals surface area contributed by atoms with Crippen molar-refractivity contribution >= 4 is 39.2 Å². The maximum atomic E-state index is 12.7.